The number of nitrogens with two attached hydrogens (primary N) is 1. The molecule has 1 aromatic rings. The average molecular weight is 343 g/mol. The molecule has 0 aliphatic rings. The molecule has 132 valence electrons. The number of ether oxygens (including phenoxy) is 1. The maximum Gasteiger partial charge on any atom is 0.263 e. The molecule has 23 heavy (non-hydrogen) atoms. The second-order valence-corrected chi connectivity index (χ2v) is 7.05. The van der Waals surface area contributed by atoms with E-state index in [2.05, 4.69) is 33.8 Å². The molecule has 0 aromatic heterocycles. The zero-order valence-electron chi connectivity index (χ0n) is 15.1. The second-order valence-electron chi connectivity index (χ2n) is 7.05. The molecule has 1 rings (SSSR count). The Morgan fingerprint density at radius 3 is 2.43 bits per heavy atom. The van der Waals surface area contributed by atoms with Gasteiger partial charge in [-0.3, -0.25) is 4.79 Å². The van der Waals surface area contributed by atoms with E-state index in [0.29, 0.717) is 19.0 Å². The van der Waals surface area contributed by atoms with Crippen LogP contribution in [0.5, 0.6) is 5.75 Å². The lowest BCUT2D eigenvalue weighted by Crippen LogP contribution is -2.44. The van der Waals surface area contributed by atoms with Crippen molar-refractivity contribution in [2.75, 3.05) is 20.1 Å². The molecule has 2 N–H and O–H groups in total. The molecule has 0 spiro atoms. The monoisotopic (exact) mass is 342 g/mol. The zero-order chi connectivity index (χ0) is 16.9. The molecule has 1 aromatic carbocycles. The standard InChI is InChI=1S/C18H30N2O2.ClH/c1-13(2)15-8-7-9-16(10-15)22-14(3)17(21)20(6)12-18(4,5)11-19;/h7-10,13-14H,11-12,19H2,1-6H3;1H. The number of likely N-dealkylation sites (N-methyl/N-ethyl adjacent to an activating group) is 1. The maximum atomic E-state index is 12.4. The van der Waals surface area contributed by atoms with Crippen LogP contribution >= 0.6 is 12.4 Å². The van der Waals surface area contributed by atoms with Gasteiger partial charge in [0.1, 0.15) is 5.75 Å². The molecule has 0 heterocycles. The summed E-state index contributed by atoms with van der Waals surface area (Å²) < 4.78 is 5.81. The Kier molecular flexibility index (Phi) is 8.64. The SMILES string of the molecule is CC(Oc1cccc(C(C)C)c1)C(=O)N(C)CC(C)(C)CN.Cl. The molecule has 5 heteroatoms. The third-order valence-electron chi connectivity index (χ3n) is 3.78. The molecule has 1 amide bonds. The number of hydrogen-bond acceptors (Lipinski definition) is 3. The number of nitrogens with zero attached hydrogens (tertiary/aromatic N) is 1. The summed E-state index contributed by atoms with van der Waals surface area (Å²) in [5.74, 6) is 1.14. The number of rotatable bonds is 7. The predicted molar refractivity (Wildman–Crippen MR) is 98.3 cm³/mol. The molecule has 0 saturated carbocycles. The Balaban J connectivity index is 0.00000484. The highest BCUT2D eigenvalue weighted by atomic mass is 35.5. The minimum atomic E-state index is -0.513. The van der Waals surface area contributed by atoms with Crippen molar-refractivity contribution in [1.82, 2.24) is 4.90 Å². The Bertz CT molecular complexity index is 504. The first-order valence-electron chi connectivity index (χ1n) is 7.88. The van der Waals surface area contributed by atoms with E-state index in [4.69, 9.17) is 10.5 Å². The summed E-state index contributed by atoms with van der Waals surface area (Å²) in [6.45, 7) is 11.3. The minimum Gasteiger partial charge on any atom is -0.481 e. The van der Waals surface area contributed by atoms with E-state index in [0.717, 1.165) is 5.75 Å². The molecular formula is C18H31ClN2O2. The van der Waals surface area contributed by atoms with Crippen LogP contribution in [0.25, 0.3) is 0 Å². The topological polar surface area (TPSA) is 55.6 Å². The molecule has 4 nitrogen and oxygen atoms in total. The van der Waals surface area contributed by atoms with Gasteiger partial charge in [-0.15, -0.1) is 12.4 Å². The fourth-order valence-electron chi connectivity index (χ4n) is 2.30. The van der Waals surface area contributed by atoms with Crippen molar-refractivity contribution in [2.45, 2.75) is 46.6 Å². The van der Waals surface area contributed by atoms with Gasteiger partial charge in [0.05, 0.1) is 0 Å². The molecule has 1 atom stereocenters. The number of carbonyl (C=O) groups excluding carboxylic acids is 1. The highest BCUT2D eigenvalue weighted by Crippen LogP contribution is 2.21. The van der Waals surface area contributed by atoms with Crippen LogP contribution in [-0.2, 0) is 4.79 Å². The molecule has 0 bridgehead atoms. The number of amides is 1. The third kappa shape index (κ3) is 6.80. The summed E-state index contributed by atoms with van der Waals surface area (Å²) in [4.78, 5) is 14.1. The van der Waals surface area contributed by atoms with Gasteiger partial charge in [-0.05, 0) is 42.5 Å². The third-order valence-corrected chi connectivity index (χ3v) is 3.78. The Labute approximate surface area is 146 Å². The molecule has 0 saturated heterocycles. The van der Waals surface area contributed by atoms with Gasteiger partial charge in [-0.1, -0.05) is 39.8 Å². The van der Waals surface area contributed by atoms with Gasteiger partial charge in [0, 0.05) is 13.6 Å². The molecule has 0 aliphatic carbocycles. The summed E-state index contributed by atoms with van der Waals surface area (Å²) in [6, 6.07) is 7.92. The summed E-state index contributed by atoms with van der Waals surface area (Å²) in [7, 11) is 1.80. The number of carbonyl (C=O) groups is 1. The number of halogens is 1. The maximum absolute atomic E-state index is 12.4. The van der Waals surface area contributed by atoms with E-state index in [-0.39, 0.29) is 23.7 Å². The van der Waals surface area contributed by atoms with Crippen LogP contribution in [-0.4, -0.2) is 37.0 Å². The van der Waals surface area contributed by atoms with Crippen molar-refractivity contribution in [1.29, 1.82) is 0 Å². The van der Waals surface area contributed by atoms with Gasteiger partial charge >= 0.3 is 0 Å². The molecule has 0 radical (unpaired) electrons. The quantitative estimate of drug-likeness (QED) is 0.825. The van der Waals surface area contributed by atoms with Crippen LogP contribution in [0.2, 0.25) is 0 Å². The van der Waals surface area contributed by atoms with E-state index >= 15 is 0 Å². The fourth-order valence-corrected chi connectivity index (χ4v) is 2.30. The lowest BCUT2D eigenvalue weighted by Gasteiger charge is -2.30. The Hall–Kier alpha value is -1.26. The van der Waals surface area contributed by atoms with Gasteiger partial charge in [-0.2, -0.15) is 0 Å². The van der Waals surface area contributed by atoms with E-state index in [9.17, 15) is 4.79 Å². The van der Waals surface area contributed by atoms with Crippen molar-refractivity contribution >= 4 is 18.3 Å². The first kappa shape index (κ1) is 21.7. The summed E-state index contributed by atoms with van der Waals surface area (Å²) >= 11 is 0. The Morgan fingerprint density at radius 2 is 1.91 bits per heavy atom. The first-order valence-corrected chi connectivity index (χ1v) is 7.88. The van der Waals surface area contributed by atoms with Crippen molar-refractivity contribution in [3.8, 4) is 5.75 Å². The highest BCUT2D eigenvalue weighted by molar-refractivity contribution is 5.85. The molecule has 1 unspecified atom stereocenters. The molecule has 0 aliphatic heterocycles. The van der Waals surface area contributed by atoms with Crippen LogP contribution in [0.1, 0.15) is 46.1 Å². The van der Waals surface area contributed by atoms with Gasteiger partial charge in [0.2, 0.25) is 0 Å². The van der Waals surface area contributed by atoms with Gasteiger partial charge in [-0.25, -0.2) is 0 Å². The van der Waals surface area contributed by atoms with Crippen molar-refractivity contribution < 1.29 is 9.53 Å². The molecular weight excluding hydrogens is 312 g/mol. The normalized spacial score (nSPS) is 12.5. The zero-order valence-corrected chi connectivity index (χ0v) is 15.9. The molecule has 0 fully saturated rings. The fraction of sp³-hybridized carbons (Fsp3) is 0.611. The predicted octanol–water partition coefficient (Wildman–Crippen LogP) is 3.44. The van der Waals surface area contributed by atoms with Crippen LogP contribution < -0.4 is 10.5 Å². The first-order chi connectivity index (χ1) is 10.2. The number of benzene rings is 1. The van der Waals surface area contributed by atoms with Crippen molar-refractivity contribution in [3.63, 3.8) is 0 Å². The largest absolute Gasteiger partial charge is 0.481 e. The Morgan fingerprint density at radius 1 is 1.30 bits per heavy atom. The van der Waals surface area contributed by atoms with Crippen LogP contribution in [0, 0.1) is 5.41 Å². The van der Waals surface area contributed by atoms with Crippen LogP contribution in [0.3, 0.4) is 0 Å². The highest BCUT2D eigenvalue weighted by Gasteiger charge is 2.25. The average Bonchev–Trinajstić information content (AvgIpc) is 2.46. The number of hydrogen-bond donors (Lipinski definition) is 1. The van der Waals surface area contributed by atoms with Crippen molar-refractivity contribution in [3.05, 3.63) is 29.8 Å². The lowest BCUT2D eigenvalue weighted by atomic mass is 9.93. The minimum absolute atomic E-state index is 0. The summed E-state index contributed by atoms with van der Waals surface area (Å²) in [5.41, 5.74) is 6.84. The van der Waals surface area contributed by atoms with E-state index in [1.165, 1.54) is 5.56 Å². The van der Waals surface area contributed by atoms with E-state index in [1.54, 1.807) is 18.9 Å². The summed E-state index contributed by atoms with van der Waals surface area (Å²) in [6.07, 6.45) is -0.513. The van der Waals surface area contributed by atoms with Crippen molar-refractivity contribution in [2.24, 2.45) is 11.1 Å². The van der Waals surface area contributed by atoms with Gasteiger partial charge < -0.3 is 15.4 Å². The second kappa shape index (κ2) is 9.14. The van der Waals surface area contributed by atoms with Crippen LogP contribution in [0.4, 0.5) is 0 Å². The van der Waals surface area contributed by atoms with Gasteiger partial charge in [0.15, 0.2) is 6.10 Å². The summed E-state index contributed by atoms with van der Waals surface area (Å²) in [5, 5.41) is 0. The van der Waals surface area contributed by atoms with Gasteiger partial charge in [0.25, 0.3) is 5.91 Å². The van der Waals surface area contributed by atoms with E-state index < -0.39 is 6.10 Å². The van der Waals surface area contributed by atoms with Crippen LogP contribution in [0.15, 0.2) is 24.3 Å². The smallest absolute Gasteiger partial charge is 0.263 e. The van der Waals surface area contributed by atoms with E-state index in [1.807, 2.05) is 18.2 Å². The lowest BCUT2D eigenvalue weighted by molar-refractivity contribution is -0.137.